The first-order valence-corrected chi connectivity index (χ1v) is 5.83. The topological polar surface area (TPSA) is 64.3 Å². The van der Waals surface area contributed by atoms with E-state index in [1.165, 1.54) is 5.56 Å². The summed E-state index contributed by atoms with van der Waals surface area (Å²) >= 11 is 0. The van der Waals surface area contributed by atoms with Crippen LogP contribution in [-0.4, -0.2) is 25.6 Å². The zero-order valence-corrected chi connectivity index (χ0v) is 10.4. The third-order valence-electron chi connectivity index (χ3n) is 2.36. The number of carbonyl (C=O) groups is 1. The van der Waals surface area contributed by atoms with Crippen LogP contribution in [0.15, 0.2) is 24.3 Å². The van der Waals surface area contributed by atoms with Gasteiger partial charge in [0.15, 0.2) is 6.61 Å². The zero-order valence-electron chi connectivity index (χ0n) is 10.4. The lowest BCUT2D eigenvalue weighted by atomic mass is 10.0. The smallest absolute Gasteiger partial charge is 0.257 e. The van der Waals surface area contributed by atoms with E-state index in [9.17, 15) is 4.79 Å². The largest absolute Gasteiger partial charge is 0.484 e. The minimum absolute atomic E-state index is 0.0293. The molecule has 1 amide bonds. The van der Waals surface area contributed by atoms with Gasteiger partial charge in [0.2, 0.25) is 0 Å². The normalized spacial score (nSPS) is 10.4. The lowest BCUT2D eigenvalue weighted by molar-refractivity contribution is -0.123. The molecule has 0 spiro atoms. The molecule has 4 nitrogen and oxygen atoms in total. The Hall–Kier alpha value is -1.55. The van der Waals surface area contributed by atoms with E-state index in [1.54, 1.807) is 0 Å². The van der Waals surface area contributed by atoms with Gasteiger partial charge in [-0.2, -0.15) is 0 Å². The molecule has 94 valence electrons. The highest BCUT2D eigenvalue weighted by Gasteiger charge is 2.03. The highest BCUT2D eigenvalue weighted by Crippen LogP contribution is 2.19. The summed E-state index contributed by atoms with van der Waals surface area (Å²) in [7, 11) is 0. The number of benzene rings is 1. The van der Waals surface area contributed by atoms with E-state index < -0.39 is 0 Å². The number of carbonyl (C=O) groups excluding carboxylic acids is 1. The van der Waals surface area contributed by atoms with E-state index in [4.69, 9.17) is 10.5 Å². The highest BCUT2D eigenvalue weighted by molar-refractivity contribution is 5.77. The van der Waals surface area contributed by atoms with Gasteiger partial charge in [-0.1, -0.05) is 26.0 Å². The van der Waals surface area contributed by atoms with E-state index in [0.717, 1.165) is 5.75 Å². The molecule has 0 aromatic heterocycles. The van der Waals surface area contributed by atoms with Crippen molar-refractivity contribution in [3.63, 3.8) is 0 Å². The fraction of sp³-hybridized carbons (Fsp3) is 0.462. The molecule has 4 heteroatoms. The van der Waals surface area contributed by atoms with Crippen LogP contribution < -0.4 is 15.8 Å². The van der Waals surface area contributed by atoms with Gasteiger partial charge in [0.1, 0.15) is 5.75 Å². The summed E-state index contributed by atoms with van der Waals surface area (Å²) in [5, 5.41) is 2.65. The molecule has 0 unspecified atom stereocenters. The molecule has 0 heterocycles. The summed E-state index contributed by atoms with van der Waals surface area (Å²) in [5.74, 6) is 1.02. The van der Waals surface area contributed by atoms with E-state index in [1.807, 2.05) is 24.3 Å². The molecule has 17 heavy (non-hydrogen) atoms. The first-order chi connectivity index (χ1) is 8.13. The lowest BCUT2D eigenvalue weighted by Gasteiger charge is -2.09. The van der Waals surface area contributed by atoms with Gasteiger partial charge in [0.25, 0.3) is 5.91 Å². The quantitative estimate of drug-likeness (QED) is 0.781. The number of nitrogens with one attached hydrogen (secondary N) is 1. The average molecular weight is 236 g/mol. The van der Waals surface area contributed by atoms with Gasteiger partial charge in [-0.3, -0.25) is 4.79 Å². The van der Waals surface area contributed by atoms with Crippen LogP contribution in [0, 0.1) is 0 Å². The van der Waals surface area contributed by atoms with Gasteiger partial charge in [0.05, 0.1) is 0 Å². The summed E-state index contributed by atoms with van der Waals surface area (Å²) in [6, 6.07) is 7.79. The van der Waals surface area contributed by atoms with Gasteiger partial charge in [-0.05, 0) is 23.6 Å². The molecule has 1 aromatic carbocycles. The van der Waals surface area contributed by atoms with Crippen molar-refractivity contribution >= 4 is 5.91 Å². The Bertz CT molecular complexity index is 364. The molecule has 0 saturated heterocycles. The fourth-order valence-corrected chi connectivity index (χ4v) is 1.37. The molecule has 0 atom stereocenters. The maximum atomic E-state index is 11.3. The van der Waals surface area contributed by atoms with E-state index in [2.05, 4.69) is 19.2 Å². The first kappa shape index (κ1) is 13.5. The van der Waals surface area contributed by atoms with Crippen LogP contribution in [0.5, 0.6) is 5.75 Å². The standard InChI is InChI=1S/C13H20N2O2/c1-10(2)11-4-3-5-12(8-11)17-9-13(16)15-7-6-14/h3-5,8,10H,6-7,9,14H2,1-2H3,(H,15,16). The number of amides is 1. The molecule has 0 bridgehead atoms. The van der Waals surface area contributed by atoms with Crippen molar-refractivity contribution < 1.29 is 9.53 Å². The number of hydrogen-bond acceptors (Lipinski definition) is 3. The Morgan fingerprint density at radius 1 is 1.47 bits per heavy atom. The molecule has 0 fully saturated rings. The van der Waals surface area contributed by atoms with Crippen LogP contribution in [0.4, 0.5) is 0 Å². The van der Waals surface area contributed by atoms with Gasteiger partial charge >= 0.3 is 0 Å². The summed E-state index contributed by atoms with van der Waals surface area (Å²) in [5.41, 5.74) is 6.48. The number of rotatable bonds is 6. The molecule has 0 saturated carbocycles. The minimum atomic E-state index is -0.148. The highest BCUT2D eigenvalue weighted by atomic mass is 16.5. The monoisotopic (exact) mass is 236 g/mol. The summed E-state index contributed by atoms with van der Waals surface area (Å²) < 4.78 is 5.40. The van der Waals surface area contributed by atoms with Crippen LogP contribution in [0.3, 0.4) is 0 Å². The zero-order chi connectivity index (χ0) is 12.7. The third kappa shape index (κ3) is 4.87. The second kappa shape index (κ2) is 6.91. The Labute approximate surface area is 102 Å². The minimum Gasteiger partial charge on any atom is -0.484 e. The first-order valence-electron chi connectivity index (χ1n) is 5.83. The molecule has 0 radical (unpaired) electrons. The molecular weight excluding hydrogens is 216 g/mol. The summed E-state index contributed by atoms with van der Waals surface area (Å²) in [6.45, 7) is 5.19. The van der Waals surface area contributed by atoms with Crippen LogP contribution in [0.1, 0.15) is 25.3 Å². The van der Waals surface area contributed by atoms with Crippen molar-refractivity contribution in [1.82, 2.24) is 5.32 Å². The molecule has 0 aliphatic rings. The van der Waals surface area contributed by atoms with Crippen LogP contribution in [-0.2, 0) is 4.79 Å². The summed E-state index contributed by atoms with van der Waals surface area (Å²) in [6.07, 6.45) is 0. The molecular formula is C13H20N2O2. The van der Waals surface area contributed by atoms with Gasteiger partial charge < -0.3 is 15.8 Å². The van der Waals surface area contributed by atoms with Crippen molar-refractivity contribution in [2.75, 3.05) is 19.7 Å². The Balaban J connectivity index is 2.46. The van der Waals surface area contributed by atoms with E-state index >= 15 is 0 Å². The molecule has 0 aliphatic heterocycles. The average Bonchev–Trinajstić information content (AvgIpc) is 2.34. The van der Waals surface area contributed by atoms with E-state index in [0.29, 0.717) is 19.0 Å². The SMILES string of the molecule is CC(C)c1cccc(OCC(=O)NCCN)c1. The molecule has 1 aromatic rings. The number of ether oxygens (including phenoxy) is 1. The Morgan fingerprint density at radius 2 is 2.24 bits per heavy atom. The van der Waals surface area contributed by atoms with Crippen molar-refractivity contribution in [2.24, 2.45) is 5.73 Å². The Morgan fingerprint density at radius 3 is 2.88 bits per heavy atom. The molecule has 0 aliphatic carbocycles. The maximum Gasteiger partial charge on any atom is 0.257 e. The van der Waals surface area contributed by atoms with Crippen molar-refractivity contribution in [3.8, 4) is 5.75 Å². The predicted molar refractivity (Wildman–Crippen MR) is 68.1 cm³/mol. The van der Waals surface area contributed by atoms with Crippen molar-refractivity contribution in [2.45, 2.75) is 19.8 Å². The van der Waals surface area contributed by atoms with Crippen LogP contribution >= 0.6 is 0 Å². The number of hydrogen-bond donors (Lipinski definition) is 2. The Kier molecular flexibility index (Phi) is 5.49. The fourth-order valence-electron chi connectivity index (χ4n) is 1.37. The van der Waals surface area contributed by atoms with E-state index in [-0.39, 0.29) is 12.5 Å². The lowest BCUT2D eigenvalue weighted by Crippen LogP contribution is -2.32. The molecule has 3 N–H and O–H groups in total. The van der Waals surface area contributed by atoms with Crippen molar-refractivity contribution in [1.29, 1.82) is 0 Å². The predicted octanol–water partition coefficient (Wildman–Crippen LogP) is 1.26. The molecule has 1 rings (SSSR count). The number of nitrogens with two attached hydrogens (primary N) is 1. The third-order valence-corrected chi connectivity index (χ3v) is 2.36. The second-order valence-electron chi connectivity index (χ2n) is 4.15. The van der Waals surface area contributed by atoms with Gasteiger partial charge in [-0.25, -0.2) is 0 Å². The van der Waals surface area contributed by atoms with Crippen LogP contribution in [0.2, 0.25) is 0 Å². The second-order valence-corrected chi connectivity index (χ2v) is 4.15. The maximum absolute atomic E-state index is 11.3. The summed E-state index contributed by atoms with van der Waals surface area (Å²) in [4.78, 5) is 11.3. The van der Waals surface area contributed by atoms with Crippen LogP contribution in [0.25, 0.3) is 0 Å². The van der Waals surface area contributed by atoms with Gasteiger partial charge in [0, 0.05) is 13.1 Å². The van der Waals surface area contributed by atoms with Gasteiger partial charge in [-0.15, -0.1) is 0 Å². The van der Waals surface area contributed by atoms with Crippen molar-refractivity contribution in [3.05, 3.63) is 29.8 Å².